The Kier molecular flexibility index (Phi) is 4.52. The van der Waals surface area contributed by atoms with Crippen molar-refractivity contribution in [3.63, 3.8) is 0 Å². The van der Waals surface area contributed by atoms with Gasteiger partial charge in [0, 0.05) is 6.42 Å². The van der Waals surface area contributed by atoms with Gasteiger partial charge in [0.15, 0.2) is 11.4 Å². The average molecular weight is 307 g/mol. The molecule has 0 aliphatic heterocycles. The molecule has 0 heterocycles. The van der Waals surface area contributed by atoms with Crippen molar-refractivity contribution in [1.82, 2.24) is 0 Å². The first kappa shape index (κ1) is 15.8. The Labute approximate surface area is 129 Å². The van der Waals surface area contributed by atoms with E-state index < -0.39 is 16.9 Å². The van der Waals surface area contributed by atoms with E-state index in [1.807, 2.05) is 13.0 Å². The van der Waals surface area contributed by atoms with E-state index in [1.165, 1.54) is 0 Å². The van der Waals surface area contributed by atoms with Crippen molar-refractivity contribution in [1.29, 1.82) is 0 Å². The summed E-state index contributed by atoms with van der Waals surface area (Å²) >= 11 is 6.35. The van der Waals surface area contributed by atoms with Crippen molar-refractivity contribution in [3.05, 3.63) is 48.0 Å². The molecule has 0 saturated heterocycles. The first-order valence-corrected chi connectivity index (χ1v) is 7.39. The number of halogens is 1. The number of carbonyl (C=O) groups excluding carboxylic acids is 2. The average Bonchev–Trinajstić information content (AvgIpc) is 2.45. The molecule has 4 heteroatoms. The van der Waals surface area contributed by atoms with Crippen LogP contribution in [0.25, 0.3) is 0 Å². The van der Waals surface area contributed by atoms with Gasteiger partial charge < -0.3 is 4.74 Å². The normalized spacial score (nSPS) is 29.0. The van der Waals surface area contributed by atoms with E-state index in [0.717, 1.165) is 5.57 Å². The molecule has 0 bridgehead atoms. The number of carbonyl (C=O) groups is 2. The van der Waals surface area contributed by atoms with Crippen molar-refractivity contribution in [2.45, 2.75) is 37.7 Å². The number of alkyl halides is 1. The summed E-state index contributed by atoms with van der Waals surface area (Å²) in [7, 11) is 0. The predicted molar refractivity (Wildman–Crippen MR) is 82.4 cm³/mol. The lowest BCUT2D eigenvalue weighted by molar-refractivity contribution is -0.141. The Bertz CT molecular complexity index is 567. The first-order valence-electron chi connectivity index (χ1n) is 6.95. The van der Waals surface area contributed by atoms with Crippen LogP contribution in [0.15, 0.2) is 42.5 Å². The van der Waals surface area contributed by atoms with E-state index in [0.29, 0.717) is 18.4 Å². The zero-order valence-corrected chi connectivity index (χ0v) is 13.0. The lowest BCUT2D eigenvalue weighted by atomic mass is 9.76. The van der Waals surface area contributed by atoms with Crippen molar-refractivity contribution in [2.24, 2.45) is 5.92 Å². The molecule has 0 aromatic heterocycles. The van der Waals surface area contributed by atoms with Gasteiger partial charge in [0.1, 0.15) is 0 Å². The van der Waals surface area contributed by atoms with Gasteiger partial charge in [0.25, 0.3) is 0 Å². The highest BCUT2D eigenvalue weighted by Crippen LogP contribution is 2.38. The maximum Gasteiger partial charge on any atom is 0.339 e. The number of hydrogen-bond acceptors (Lipinski definition) is 3. The lowest BCUT2D eigenvalue weighted by Crippen LogP contribution is -2.52. The van der Waals surface area contributed by atoms with E-state index in [4.69, 9.17) is 16.3 Å². The third-order valence-corrected chi connectivity index (χ3v) is 4.68. The third kappa shape index (κ3) is 3.18. The molecule has 3 atom stereocenters. The quantitative estimate of drug-likeness (QED) is 0.485. The zero-order chi connectivity index (χ0) is 15.6. The lowest BCUT2D eigenvalue weighted by Gasteiger charge is -2.39. The minimum absolute atomic E-state index is 0.0588. The molecule has 1 aliphatic rings. The number of esters is 1. The summed E-state index contributed by atoms with van der Waals surface area (Å²) in [6, 6.07) is 8.61. The van der Waals surface area contributed by atoms with Crippen LogP contribution in [0.5, 0.6) is 0 Å². The summed E-state index contributed by atoms with van der Waals surface area (Å²) in [5.74, 6) is -0.611. The molecule has 1 aliphatic carbocycles. The summed E-state index contributed by atoms with van der Waals surface area (Å²) in [6.45, 7) is 7.37. The van der Waals surface area contributed by atoms with Crippen molar-refractivity contribution in [3.8, 4) is 0 Å². The van der Waals surface area contributed by atoms with Gasteiger partial charge in [-0.05, 0) is 38.3 Å². The number of ether oxygens (including phenoxy) is 1. The number of allylic oxidation sites excluding steroid dienone is 1. The highest BCUT2D eigenvalue weighted by atomic mass is 35.5. The van der Waals surface area contributed by atoms with Crippen LogP contribution in [0, 0.1) is 5.92 Å². The first-order chi connectivity index (χ1) is 9.84. The summed E-state index contributed by atoms with van der Waals surface area (Å²) in [6.07, 6.45) is 0.901. The van der Waals surface area contributed by atoms with Gasteiger partial charge in [0.05, 0.1) is 10.9 Å². The molecule has 0 amide bonds. The Morgan fingerprint density at radius 3 is 2.52 bits per heavy atom. The molecule has 3 nitrogen and oxygen atoms in total. The second-order valence-electron chi connectivity index (χ2n) is 5.74. The Hall–Kier alpha value is -1.61. The zero-order valence-electron chi connectivity index (χ0n) is 12.3. The van der Waals surface area contributed by atoms with Gasteiger partial charge in [-0.1, -0.05) is 30.4 Å². The molecular formula is C17H19ClO3. The Morgan fingerprint density at radius 2 is 2.00 bits per heavy atom. The van der Waals surface area contributed by atoms with Crippen LogP contribution in [0.3, 0.4) is 0 Å². The number of Topliss-reactive ketones (excluding diaryl/α,β-unsaturated/α-hetero) is 1. The topological polar surface area (TPSA) is 43.4 Å². The van der Waals surface area contributed by atoms with Gasteiger partial charge in [-0.3, -0.25) is 4.79 Å². The fraction of sp³-hybridized carbons (Fsp3) is 0.412. The van der Waals surface area contributed by atoms with E-state index >= 15 is 0 Å². The molecule has 0 radical (unpaired) electrons. The van der Waals surface area contributed by atoms with Crippen LogP contribution in [-0.4, -0.2) is 22.7 Å². The minimum atomic E-state index is -1.28. The maximum atomic E-state index is 12.4. The van der Waals surface area contributed by atoms with Crippen molar-refractivity contribution in [2.75, 3.05) is 0 Å². The van der Waals surface area contributed by atoms with Gasteiger partial charge >= 0.3 is 5.97 Å². The standard InChI is InChI=1S/C17H19ClO3/c1-11(2)13-9-14(18)17(3,15(19)10-13)21-16(20)12-7-5-4-6-8-12/h4-8,13-14H,1,9-10H2,2-3H3/t13-,14-,17+/m0/s1. The van der Waals surface area contributed by atoms with Crippen LogP contribution in [0.2, 0.25) is 0 Å². The highest BCUT2D eigenvalue weighted by molar-refractivity contribution is 6.24. The van der Waals surface area contributed by atoms with Gasteiger partial charge in [-0.25, -0.2) is 4.79 Å². The molecule has 112 valence electrons. The molecular weight excluding hydrogens is 288 g/mol. The smallest absolute Gasteiger partial charge is 0.339 e. The third-order valence-electron chi connectivity index (χ3n) is 4.09. The molecule has 1 fully saturated rings. The maximum absolute atomic E-state index is 12.4. The second-order valence-corrected chi connectivity index (χ2v) is 6.26. The minimum Gasteiger partial charge on any atom is -0.446 e. The Balaban J connectivity index is 2.16. The molecule has 2 rings (SSSR count). The summed E-state index contributed by atoms with van der Waals surface area (Å²) in [4.78, 5) is 24.6. The number of ketones is 1. The number of rotatable bonds is 3. The van der Waals surface area contributed by atoms with Crippen LogP contribution in [0.4, 0.5) is 0 Å². The molecule has 0 spiro atoms. The van der Waals surface area contributed by atoms with Crippen molar-refractivity contribution >= 4 is 23.4 Å². The molecule has 1 saturated carbocycles. The molecule has 1 aromatic carbocycles. The van der Waals surface area contributed by atoms with Gasteiger partial charge in [-0.15, -0.1) is 11.6 Å². The summed E-state index contributed by atoms with van der Waals surface area (Å²) in [5, 5.41) is -0.548. The summed E-state index contributed by atoms with van der Waals surface area (Å²) in [5.41, 5.74) is 0.0725. The van der Waals surface area contributed by atoms with Gasteiger partial charge in [-0.2, -0.15) is 0 Å². The Morgan fingerprint density at radius 1 is 1.38 bits per heavy atom. The predicted octanol–water partition coefficient (Wildman–Crippen LogP) is 3.76. The summed E-state index contributed by atoms with van der Waals surface area (Å²) < 4.78 is 5.47. The van der Waals surface area contributed by atoms with Crippen LogP contribution < -0.4 is 0 Å². The molecule has 0 unspecified atom stereocenters. The largest absolute Gasteiger partial charge is 0.446 e. The fourth-order valence-corrected chi connectivity index (χ4v) is 2.86. The van der Waals surface area contributed by atoms with Crippen LogP contribution in [-0.2, 0) is 9.53 Å². The van der Waals surface area contributed by atoms with Gasteiger partial charge in [0.2, 0.25) is 0 Å². The van der Waals surface area contributed by atoms with E-state index in [2.05, 4.69) is 6.58 Å². The van der Waals surface area contributed by atoms with Crippen LogP contribution in [0.1, 0.15) is 37.0 Å². The fourth-order valence-electron chi connectivity index (χ4n) is 2.48. The molecule has 21 heavy (non-hydrogen) atoms. The van der Waals surface area contributed by atoms with Crippen LogP contribution >= 0.6 is 11.6 Å². The number of benzene rings is 1. The van der Waals surface area contributed by atoms with E-state index in [-0.39, 0.29) is 11.7 Å². The number of hydrogen-bond donors (Lipinski definition) is 0. The monoisotopic (exact) mass is 306 g/mol. The SMILES string of the molecule is C=C(C)[C@@H]1CC(=O)[C@](C)(OC(=O)c2ccccc2)[C@@H](Cl)C1. The highest BCUT2D eigenvalue weighted by Gasteiger charge is 2.49. The van der Waals surface area contributed by atoms with Crippen molar-refractivity contribution < 1.29 is 14.3 Å². The van der Waals surface area contributed by atoms with E-state index in [1.54, 1.807) is 31.2 Å². The molecule has 0 N–H and O–H groups in total. The molecule has 1 aromatic rings. The van der Waals surface area contributed by atoms with E-state index in [9.17, 15) is 9.59 Å². The second kappa shape index (κ2) is 6.02.